The van der Waals surface area contributed by atoms with Crippen molar-refractivity contribution < 1.29 is 9.18 Å². The predicted molar refractivity (Wildman–Crippen MR) is 96.4 cm³/mol. The van der Waals surface area contributed by atoms with Crippen LogP contribution < -0.4 is 10.6 Å². The Morgan fingerprint density at radius 2 is 1.72 bits per heavy atom. The van der Waals surface area contributed by atoms with E-state index in [2.05, 4.69) is 15.6 Å². The van der Waals surface area contributed by atoms with Gasteiger partial charge in [-0.1, -0.05) is 30.3 Å². The van der Waals surface area contributed by atoms with Crippen LogP contribution in [0.2, 0.25) is 0 Å². The van der Waals surface area contributed by atoms with Crippen molar-refractivity contribution in [1.29, 1.82) is 0 Å². The zero-order chi connectivity index (χ0) is 17.5. The Balaban J connectivity index is 1.65. The molecule has 3 aromatic rings. The Kier molecular flexibility index (Phi) is 5.36. The molecule has 0 fully saturated rings. The number of nitrogens with one attached hydrogen (secondary N) is 2. The fraction of sp³-hybridized carbons (Fsp3) is 0.100. The highest BCUT2D eigenvalue weighted by atomic mass is 19.1. The molecule has 0 aliphatic carbocycles. The topological polar surface area (TPSA) is 54.0 Å². The summed E-state index contributed by atoms with van der Waals surface area (Å²) >= 11 is 0. The number of amides is 1. The lowest BCUT2D eigenvalue weighted by Crippen LogP contribution is -2.26. The predicted octanol–water partition coefficient (Wildman–Crippen LogP) is 3.94. The summed E-state index contributed by atoms with van der Waals surface area (Å²) in [5, 5.41) is 5.95. The number of anilines is 2. The van der Waals surface area contributed by atoms with Gasteiger partial charge in [0.05, 0.1) is 5.56 Å². The number of nitrogens with zero attached hydrogens (tertiary/aromatic N) is 1. The Hall–Kier alpha value is -3.21. The second-order valence-electron chi connectivity index (χ2n) is 5.52. The summed E-state index contributed by atoms with van der Waals surface area (Å²) in [6, 6.07) is 19.3. The summed E-state index contributed by atoms with van der Waals surface area (Å²) in [6.07, 6.45) is 2.36. The van der Waals surface area contributed by atoms with Crippen LogP contribution in [0.15, 0.2) is 72.9 Å². The van der Waals surface area contributed by atoms with Gasteiger partial charge in [0.25, 0.3) is 5.91 Å². The number of halogens is 1. The van der Waals surface area contributed by atoms with E-state index in [0.717, 1.165) is 6.42 Å². The quantitative estimate of drug-likeness (QED) is 0.717. The van der Waals surface area contributed by atoms with E-state index in [1.54, 1.807) is 30.5 Å². The van der Waals surface area contributed by atoms with Gasteiger partial charge < -0.3 is 10.6 Å². The molecule has 126 valence electrons. The van der Waals surface area contributed by atoms with Gasteiger partial charge in [-0.15, -0.1) is 0 Å². The van der Waals surface area contributed by atoms with E-state index in [0.29, 0.717) is 23.6 Å². The maximum atomic E-state index is 13.0. The van der Waals surface area contributed by atoms with Crippen molar-refractivity contribution in [3.05, 3.63) is 89.9 Å². The highest BCUT2D eigenvalue weighted by molar-refractivity contribution is 5.99. The number of pyridine rings is 1. The van der Waals surface area contributed by atoms with E-state index in [-0.39, 0.29) is 11.7 Å². The molecule has 25 heavy (non-hydrogen) atoms. The van der Waals surface area contributed by atoms with Crippen LogP contribution >= 0.6 is 0 Å². The van der Waals surface area contributed by atoms with Crippen LogP contribution in [0.1, 0.15) is 15.9 Å². The average Bonchev–Trinajstić information content (AvgIpc) is 2.65. The number of benzene rings is 2. The fourth-order valence-electron chi connectivity index (χ4n) is 2.42. The lowest BCUT2D eigenvalue weighted by Gasteiger charge is -2.11. The largest absolute Gasteiger partial charge is 0.352 e. The lowest BCUT2D eigenvalue weighted by atomic mass is 10.1. The molecule has 2 aromatic carbocycles. The van der Waals surface area contributed by atoms with Crippen molar-refractivity contribution >= 4 is 17.4 Å². The standard InChI is InChI=1S/C20H18FN3O/c21-16-8-10-17(11-9-16)24-19-18(7-4-13-22-19)20(25)23-14-12-15-5-2-1-3-6-15/h1-11,13H,12,14H2,(H,22,24)(H,23,25). The molecule has 1 heterocycles. The van der Waals surface area contributed by atoms with E-state index in [1.165, 1.54) is 17.7 Å². The van der Waals surface area contributed by atoms with Crippen LogP contribution in [0.5, 0.6) is 0 Å². The summed E-state index contributed by atoms with van der Waals surface area (Å²) in [4.78, 5) is 16.7. The van der Waals surface area contributed by atoms with Crippen molar-refractivity contribution in [2.75, 3.05) is 11.9 Å². The number of carbonyl (C=O) groups is 1. The van der Waals surface area contributed by atoms with Crippen LogP contribution in [0.4, 0.5) is 15.9 Å². The van der Waals surface area contributed by atoms with Gasteiger partial charge in [0, 0.05) is 18.4 Å². The second-order valence-corrected chi connectivity index (χ2v) is 5.52. The molecule has 0 radical (unpaired) electrons. The molecule has 1 amide bonds. The summed E-state index contributed by atoms with van der Waals surface area (Å²) in [5.74, 6) is -0.0783. The van der Waals surface area contributed by atoms with E-state index < -0.39 is 0 Å². The molecule has 0 aliphatic heterocycles. The van der Waals surface area contributed by atoms with Crippen molar-refractivity contribution in [1.82, 2.24) is 10.3 Å². The van der Waals surface area contributed by atoms with E-state index >= 15 is 0 Å². The SMILES string of the molecule is O=C(NCCc1ccccc1)c1cccnc1Nc1ccc(F)cc1. The Morgan fingerprint density at radius 3 is 2.48 bits per heavy atom. The summed E-state index contributed by atoms with van der Waals surface area (Å²) in [6.45, 7) is 0.535. The number of carbonyl (C=O) groups excluding carboxylic acids is 1. The third-order valence-electron chi connectivity index (χ3n) is 3.70. The third-order valence-corrected chi connectivity index (χ3v) is 3.70. The number of rotatable bonds is 6. The highest BCUT2D eigenvalue weighted by Gasteiger charge is 2.12. The molecular formula is C20H18FN3O. The minimum Gasteiger partial charge on any atom is -0.352 e. The van der Waals surface area contributed by atoms with Gasteiger partial charge in [0.15, 0.2) is 0 Å². The van der Waals surface area contributed by atoms with Gasteiger partial charge in [0.2, 0.25) is 0 Å². The monoisotopic (exact) mass is 335 g/mol. The minimum absolute atomic E-state index is 0.200. The maximum absolute atomic E-state index is 13.0. The van der Waals surface area contributed by atoms with Gasteiger partial charge >= 0.3 is 0 Å². The van der Waals surface area contributed by atoms with Gasteiger partial charge in [0.1, 0.15) is 11.6 Å². The summed E-state index contributed by atoms with van der Waals surface area (Å²) in [5.41, 5.74) is 2.27. The molecule has 5 heteroatoms. The molecule has 0 bridgehead atoms. The normalized spacial score (nSPS) is 10.3. The van der Waals surface area contributed by atoms with E-state index in [1.807, 2.05) is 30.3 Å². The first-order valence-corrected chi connectivity index (χ1v) is 8.02. The first-order valence-electron chi connectivity index (χ1n) is 8.02. The number of hydrogen-bond donors (Lipinski definition) is 2. The molecular weight excluding hydrogens is 317 g/mol. The molecule has 0 unspecified atom stereocenters. The molecule has 2 N–H and O–H groups in total. The third kappa shape index (κ3) is 4.64. The summed E-state index contributed by atoms with van der Waals surface area (Å²) in [7, 11) is 0. The van der Waals surface area contributed by atoms with Crippen molar-refractivity contribution in [3.8, 4) is 0 Å². The molecule has 0 atom stereocenters. The number of hydrogen-bond acceptors (Lipinski definition) is 3. The first-order chi connectivity index (χ1) is 12.2. The van der Waals surface area contributed by atoms with Gasteiger partial charge in [-0.3, -0.25) is 4.79 Å². The smallest absolute Gasteiger partial charge is 0.255 e. The molecule has 0 aliphatic rings. The molecule has 0 saturated carbocycles. The Morgan fingerprint density at radius 1 is 0.960 bits per heavy atom. The van der Waals surface area contributed by atoms with Crippen molar-refractivity contribution in [2.45, 2.75) is 6.42 Å². The zero-order valence-electron chi connectivity index (χ0n) is 13.6. The highest BCUT2D eigenvalue weighted by Crippen LogP contribution is 2.18. The van der Waals surface area contributed by atoms with Gasteiger partial charge in [-0.2, -0.15) is 0 Å². The second kappa shape index (κ2) is 8.06. The molecule has 0 spiro atoms. The average molecular weight is 335 g/mol. The van der Waals surface area contributed by atoms with Crippen LogP contribution in [-0.4, -0.2) is 17.4 Å². The molecule has 4 nitrogen and oxygen atoms in total. The summed E-state index contributed by atoms with van der Waals surface area (Å²) < 4.78 is 13.0. The fourth-order valence-corrected chi connectivity index (χ4v) is 2.42. The van der Waals surface area contributed by atoms with Crippen LogP contribution in [0.25, 0.3) is 0 Å². The van der Waals surface area contributed by atoms with Crippen LogP contribution in [-0.2, 0) is 6.42 Å². The Labute approximate surface area is 145 Å². The lowest BCUT2D eigenvalue weighted by molar-refractivity contribution is 0.0954. The maximum Gasteiger partial charge on any atom is 0.255 e. The zero-order valence-corrected chi connectivity index (χ0v) is 13.6. The van der Waals surface area contributed by atoms with E-state index in [4.69, 9.17) is 0 Å². The number of aromatic nitrogens is 1. The van der Waals surface area contributed by atoms with Gasteiger partial charge in [-0.25, -0.2) is 9.37 Å². The molecule has 3 rings (SSSR count). The molecule has 0 saturated heterocycles. The van der Waals surface area contributed by atoms with Crippen LogP contribution in [0, 0.1) is 5.82 Å². The van der Waals surface area contributed by atoms with E-state index in [9.17, 15) is 9.18 Å². The van der Waals surface area contributed by atoms with Crippen LogP contribution in [0.3, 0.4) is 0 Å². The minimum atomic E-state index is -0.314. The van der Waals surface area contributed by atoms with Crippen molar-refractivity contribution in [2.24, 2.45) is 0 Å². The first kappa shape index (κ1) is 16.6. The van der Waals surface area contributed by atoms with Crippen molar-refractivity contribution in [3.63, 3.8) is 0 Å². The molecule has 1 aromatic heterocycles. The van der Waals surface area contributed by atoms with Gasteiger partial charge in [-0.05, 0) is 48.4 Å². The Bertz CT molecular complexity index is 835.